The predicted octanol–water partition coefficient (Wildman–Crippen LogP) is -1.15. The second kappa shape index (κ2) is 6.20. The molecule has 0 fully saturated rings. The van der Waals surface area contributed by atoms with Gasteiger partial charge in [0.2, 0.25) is 12.1 Å². The Hall–Kier alpha value is -1.65. The van der Waals surface area contributed by atoms with Gasteiger partial charge in [0, 0.05) is 7.11 Å². The van der Waals surface area contributed by atoms with Crippen LogP contribution in [0.5, 0.6) is 0 Å². The minimum absolute atomic E-state index is 0.0283. The number of hydrogen-bond acceptors (Lipinski definition) is 5. The lowest BCUT2D eigenvalue weighted by molar-refractivity contribution is -0.171. The lowest BCUT2D eigenvalue weighted by Gasteiger charge is -2.34. The first-order valence-corrected chi connectivity index (χ1v) is 5.38. The summed E-state index contributed by atoms with van der Waals surface area (Å²) in [6.07, 6.45) is -4.73. The normalized spacial score (nSPS) is 17.5. The van der Waals surface area contributed by atoms with Crippen LogP contribution < -0.4 is 11.2 Å². The van der Waals surface area contributed by atoms with Gasteiger partial charge in [-0.3, -0.25) is 14.3 Å². The number of aromatic amines is 1. The fraction of sp³-hybridized carbons (Fsp3) is 0.600. The van der Waals surface area contributed by atoms with Gasteiger partial charge in [-0.1, -0.05) is 0 Å². The largest absolute Gasteiger partial charge is 0.393 e. The molecule has 1 aromatic heterocycles. The third-order valence-corrected chi connectivity index (χ3v) is 2.89. The molecule has 1 heterocycles. The van der Waals surface area contributed by atoms with Crippen molar-refractivity contribution in [3.63, 3.8) is 0 Å². The molecule has 3 atom stereocenters. The van der Waals surface area contributed by atoms with E-state index in [4.69, 9.17) is 5.11 Å². The standard InChI is InChI=1S/C10H13F3N2O5/c1-20-10(3-11,4-16)6(17)7(13)15-2-5(12)8(18)14-9(15)19/h2,6-7,16-17H,3-4H2,1H3,(H,14,18,19)/t6-,7-,10+/m0/s1. The number of hydrogen-bond donors (Lipinski definition) is 3. The van der Waals surface area contributed by atoms with Crippen LogP contribution in [0.2, 0.25) is 0 Å². The molecule has 0 aliphatic heterocycles. The van der Waals surface area contributed by atoms with E-state index in [9.17, 15) is 27.9 Å². The maximum absolute atomic E-state index is 14.0. The number of nitrogens with one attached hydrogen (secondary N) is 1. The monoisotopic (exact) mass is 298 g/mol. The summed E-state index contributed by atoms with van der Waals surface area (Å²) in [7, 11) is 0.919. The smallest absolute Gasteiger partial charge is 0.330 e. The Balaban J connectivity index is 3.24. The molecule has 0 aromatic carbocycles. The summed E-state index contributed by atoms with van der Waals surface area (Å²) in [5, 5.41) is 18.7. The summed E-state index contributed by atoms with van der Waals surface area (Å²) in [4.78, 5) is 23.6. The van der Waals surface area contributed by atoms with E-state index < -0.39 is 48.3 Å². The first kappa shape index (κ1) is 16.4. The van der Waals surface area contributed by atoms with Crippen molar-refractivity contribution in [1.82, 2.24) is 9.55 Å². The van der Waals surface area contributed by atoms with Gasteiger partial charge in [-0.05, 0) is 0 Å². The summed E-state index contributed by atoms with van der Waals surface area (Å²) in [5.41, 5.74) is -5.02. The summed E-state index contributed by atoms with van der Waals surface area (Å²) in [5.74, 6) is -1.47. The van der Waals surface area contributed by atoms with Crippen molar-refractivity contribution < 1.29 is 28.1 Å². The molecule has 0 aliphatic rings. The van der Waals surface area contributed by atoms with E-state index in [1.807, 2.05) is 0 Å². The van der Waals surface area contributed by atoms with Gasteiger partial charge >= 0.3 is 5.69 Å². The molecule has 114 valence electrons. The summed E-state index contributed by atoms with van der Waals surface area (Å²) in [6, 6.07) is 0. The number of aliphatic hydroxyl groups is 2. The van der Waals surface area contributed by atoms with E-state index >= 15 is 0 Å². The van der Waals surface area contributed by atoms with Crippen molar-refractivity contribution in [3.8, 4) is 0 Å². The first-order chi connectivity index (χ1) is 9.32. The fourth-order valence-corrected chi connectivity index (χ4v) is 1.50. The number of aliphatic hydroxyl groups excluding tert-OH is 2. The fourth-order valence-electron chi connectivity index (χ4n) is 1.50. The van der Waals surface area contributed by atoms with Crippen LogP contribution in [0, 0.1) is 5.82 Å². The third kappa shape index (κ3) is 2.76. The second-order valence-electron chi connectivity index (χ2n) is 4.02. The van der Waals surface area contributed by atoms with Crippen molar-refractivity contribution in [2.75, 3.05) is 20.4 Å². The summed E-state index contributed by atoms with van der Waals surface area (Å²) in [6.45, 7) is -2.54. The highest BCUT2D eigenvalue weighted by molar-refractivity contribution is 4.95. The highest BCUT2D eigenvalue weighted by Gasteiger charge is 2.44. The number of nitrogens with zero attached hydrogens (tertiary/aromatic N) is 1. The molecule has 0 bridgehead atoms. The highest BCUT2D eigenvalue weighted by Crippen LogP contribution is 2.25. The Kier molecular flexibility index (Phi) is 5.09. The molecule has 0 saturated carbocycles. The second-order valence-corrected chi connectivity index (χ2v) is 4.02. The zero-order chi connectivity index (χ0) is 15.5. The number of halogens is 3. The van der Waals surface area contributed by atoms with E-state index in [-0.39, 0.29) is 10.8 Å². The quantitative estimate of drug-likeness (QED) is 0.615. The number of H-pyrrole nitrogens is 1. The maximum atomic E-state index is 14.0. The first-order valence-electron chi connectivity index (χ1n) is 5.38. The third-order valence-electron chi connectivity index (χ3n) is 2.89. The van der Waals surface area contributed by atoms with Gasteiger partial charge in [0.15, 0.2) is 0 Å². The van der Waals surface area contributed by atoms with Crippen LogP contribution in [0.15, 0.2) is 15.8 Å². The van der Waals surface area contributed by atoms with Crippen molar-refractivity contribution >= 4 is 0 Å². The average Bonchev–Trinajstić information content (AvgIpc) is 2.44. The van der Waals surface area contributed by atoms with E-state index in [0.29, 0.717) is 0 Å². The van der Waals surface area contributed by atoms with Crippen LogP contribution in [0.4, 0.5) is 13.2 Å². The molecule has 3 N–H and O–H groups in total. The predicted molar refractivity (Wildman–Crippen MR) is 60.2 cm³/mol. The minimum atomic E-state index is -2.64. The molecule has 0 unspecified atom stereocenters. The number of ether oxygens (including phenoxy) is 1. The molecule has 0 saturated heterocycles. The molecular formula is C10H13F3N2O5. The molecule has 1 rings (SSSR count). The van der Waals surface area contributed by atoms with Gasteiger partial charge in [0.05, 0.1) is 12.8 Å². The van der Waals surface area contributed by atoms with Crippen molar-refractivity contribution in [1.29, 1.82) is 0 Å². The molecule has 0 radical (unpaired) electrons. The number of rotatable bonds is 6. The van der Waals surface area contributed by atoms with Crippen LogP contribution in [0.25, 0.3) is 0 Å². The van der Waals surface area contributed by atoms with Crippen molar-refractivity contribution in [2.45, 2.75) is 18.0 Å². The summed E-state index contributed by atoms with van der Waals surface area (Å²) < 4.78 is 44.5. The maximum Gasteiger partial charge on any atom is 0.330 e. The van der Waals surface area contributed by atoms with E-state index in [1.165, 1.54) is 4.98 Å². The van der Waals surface area contributed by atoms with Crippen LogP contribution >= 0.6 is 0 Å². The van der Waals surface area contributed by atoms with Gasteiger partial charge < -0.3 is 14.9 Å². The Morgan fingerprint density at radius 3 is 2.60 bits per heavy atom. The SMILES string of the molecule is CO[C@@](CO)(CF)[C@@H](O)[C@@H](F)n1cc(F)c(=O)[nH]c1=O. The molecule has 0 aliphatic carbocycles. The van der Waals surface area contributed by atoms with Gasteiger partial charge in [-0.25, -0.2) is 13.6 Å². The Bertz CT molecular complexity index is 560. The zero-order valence-corrected chi connectivity index (χ0v) is 10.3. The van der Waals surface area contributed by atoms with Crippen LogP contribution in [-0.4, -0.2) is 51.9 Å². The molecule has 7 nitrogen and oxygen atoms in total. The van der Waals surface area contributed by atoms with Crippen molar-refractivity contribution in [3.05, 3.63) is 32.9 Å². The molecular weight excluding hydrogens is 285 g/mol. The van der Waals surface area contributed by atoms with Crippen LogP contribution in [-0.2, 0) is 4.74 Å². The zero-order valence-electron chi connectivity index (χ0n) is 10.3. The number of methoxy groups -OCH3 is 1. The Morgan fingerprint density at radius 2 is 2.15 bits per heavy atom. The molecule has 0 spiro atoms. The topological polar surface area (TPSA) is 105 Å². The van der Waals surface area contributed by atoms with Gasteiger partial charge in [0.25, 0.3) is 5.56 Å². The van der Waals surface area contributed by atoms with Crippen LogP contribution in [0.1, 0.15) is 6.30 Å². The highest BCUT2D eigenvalue weighted by atomic mass is 19.1. The Labute approximate surface area is 110 Å². The van der Waals surface area contributed by atoms with E-state index in [1.54, 1.807) is 0 Å². The molecule has 20 heavy (non-hydrogen) atoms. The van der Waals surface area contributed by atoms with Gasteiger partial charge in [0.1, 0.15) is 18.4 Å². The van der Waals surface area contributed by atoms with Gasteiger partial charge in [-0.15, -0.1) is 0 Å². The minimum Gasteiger partial charge on any atom is -0.393 e. The van der Waals surface area contributed by atoms with Gasteiger partial charge in [-0.2, -0.15) is 4.39 Å². The lowest BCUT2D eigenvalue weighted by atomic mass is 9.98. The molecule has 10 heteroatoms. The summed E-state index contributed by atoms with van der Waals surface area (Å²) >= 11 is 0. The number of alkyl halides is 2. The number of aromatic nitrogens is 2. The van der Waals surface area contributed by atoms with E-state index in [2.05, 4.69) is 4.74 Å². The molecule has 1 aromatic rings. The lowest BCUT2D eigenvalue weighted by Crippen LogP contribution is -2.53. The van der Waals surface area contributed by atoms with Crippen LogP contribution in [0.3, 0.4) is 0 Å². The Morgan fingerprint density at radius 1 is 1.55 bits per heavy atom. The average molecular weight is 298 g/mol. The molecule has 0 amide bonds. The van der Waals surface area contributed by atoms with E-state index in [0.717, 1.165) is 7.11 Å². The van der Waals surface area contributed by atoms with Crippen molar-refractivity contribution in [2.24, 2.45) is 0 Å².